The van der Waals surface area contributed by atoms with Gasteiger partial charge in [0.05, 0.1) is 21.8 Å². The number of hydrogen-bond acceptors (Lipinski definition) is 7. The first-order valence-corrected chi connectivity index (χ1v) is 15.5. The molecule has 0 saturated carbocycles. The number of rotatable bonds is 10. The summed E-state index contributed by atoms with van der Waals surface area (Å²) in [6.45, 7) is 3.30. The van der Waals surface area contributed by atoms with Gasteiger partial charge in [-0.2, -0.15) is 29.8 Å². The summed E-state index contributed by atoms with van der Waals surface area (Å²) in [7, 11) is -14.1. The highest BCUT2D eigenvalue weighted by molar-refractivity contribution is 7.86. The molecule has 3 rings (SSSR count). The van der Waals surface area contributed by atoms with Gasteiger partial charge in [-0.3, -0.25) is 18.7 Å². The van der Waals surface area contributed by atoms with Gasteiger partial charge in [0.2, 0.25) is 5.69 Å². The van der Waals surface area contributed by atoms with Crippen molar-refractivity contribution < 1.29 is 43.5 Å². The summed E-state index contributed by atoms with van der Waals surface area (Å²) >= 11 is 0. The molecular weight excluding hydrogens is 544 g/mol. The van der Waals surface area contributed by atoms with Crippen LogP contribution in [-0.2, 0) is 35.8 Å². The van der Waals surface area contributed by atoms with Crippen molar-refractivity contribution in [3.8, 4) is 0 Å². The van der Waals surface area contributed by atoms with E-state index in [1.807, 2.05) is 30.3 Å². The second-order valence-corrected chi connectivity index (χ2v) is 13.2. The molecule has 0 aliphatic carbocycles. The van der Waals surface area contributed by atoms with Crippen molar-refractivity contribution in [2.45, 2.75) is 41.9 Å². The van der Waals surface area contributed by atoms with Crippen molar-refractivity contribution in [2.24, 2.45) is 4.99 Å². The maximum Gasteiger partial charge on any atom is 0.301 e. The van der Waals surface area contributed by atoms with E-state index in [2.05, 4.69) is 4.99 Å². The highest BCUT2D eigenvalue weighted by atomic mass is 32.2. The average Bonchev–Trinajstić information content (AvgIpc) is 2.98. The zero-order chi connectivity index (χ0) is 27.6. The van der Waals surface area contributed by atoms with E-state index in [1.54, 1.807) is 32.2 Å². The van der Waals surface area contributed by atoms with Gasteiger partial charge in [0, 0.05) is 30.7 Å². The fourth-order valence-electron chi connectivity index (χ4n) is 4.13. The number of nitrogens with zero attached hydrogens (tertiary/aromatic N) is 2. The van der Waals surface area contributed by atoms with E-state index in [4.69, 9.17) is 4.55 Å². The second-order valence-electron chi connectivity index (χ2n) is 8.85. The average molecular weight is 572 g/mol. The maximum atomic E-state index is 12.3. The third-order valence-electron chi connectivity index (χ3n) is 5.80. The van der Waals surface area contributed by atoms with Crippen molar-refractivity contribution in [3.05, 3.63) is 60.2 Å². The van der Waals surface area contributed by atoms with Crippen LogP contribution in [0.4, 0.5) is 11.4 Å². The predicted octanol–water partition coefficient (Wildman–Crippen LogP) is 3.18. The molecule has 200 valence electrons. The molecule has 14 heteroatoms. The summed E-state index contributed by atoms with van der Waals surface area (Å²) in [5.74, 6) is -0.607. The Morgan fingerprint density at radius 3 is 2.16 bits per heavy atom. The molecule has 11 nitrogen and oxygen atoms in total. The zero-order valence-corrected chi connectivity index (χ0v) is 22.5. The van der Waals surface area contributed by atoms with Gasteiger partial charge in [-0.25, -0.2) is 0 Å². The van der Waals surface area contributed by atoms with E-state index < -0.39 is 51.3 Å². The fraction of sp³-hybridized carbons (Fsp3) is 0.304. The number of para-hydroxylation sites is 1. The van der Waals surface area contributed by atoms with Crippen LogP contribution in [0.5, 0.6) is 0 Å². The molecule has 0 saturated heterocycles. The summed E-state index contributed by atoms with van der Waals surface area (Å²) in [5, 5.41) is 0. The Labute approximate surface area is 216 Å². The van der Waals surface area contributed by atoms with Crippen molar-refractivity contribution >= 4 is 53.7 Å². The van der Waals surface area contributed by atoms with Gasteiger partial charge in [-0.15, -0.1) is 0 Å². The van der Waals surface area contributed by atoms with Crippen molar-refractivity contribution in [1.29, 1.82) is 0 Å². The van der Waals surface area contributed by atoms with E-state index in [-0.39, 0.29) is 24.2 Å². The minimum atomic E-state index is -4.97. The Kier molecular flexibility index (Phi) is 8.22. The molecule has 1 aliphatic heterocycles. The van der Waals surface area contributed by atoms with Crippen molar-refractivity contribution in [2.75, 3.05) is 12.3 Å². The van der Waals surface area contributed by atoms with Crippen LogP contribution in [0.25, 0.3) is 0 Å². The number of allylic oxidation sites excluding steroid dienone is 2. The third-order valence-corrected chi connectivity index (χ3v) is 8.30. The molecule has 0 unspecified atom stereocenters. The molecule has 0 atom stereocenters. The molecule has 0 bridgehead atoms. The first-order chi connectivity index (χ1) is 17.0. The largest absolute Gasteiger partial charge is 0.301 e. The minimum absolute atomic E-state index is 0.0483. The van der Waals surface area contributed by atoms with Gasteiger partial charge in [-0.1, -0.05) is 24.3 Å². The zero-order valence-electron chi connectivity index (χ0n) is 20.0. The molecule has 0 aromatic heterocycles. The molecule has 3 N–H and O–H groups in total. The predicted molar refractivity (Wildman–Crippen MR) is 138 cm³/mol. The number of aliphatic imine (C=N–C) groups is 1. The lowest BCUT2D eigenvalue weighted by Gasteiger charge is -2.16. The normalized spacial score (nSPS) is 16.1. The Morgan fingerprint density at radius 2 is 1.59 bits per heavy atom. The van der Waals surface area contributed by atoms with Crippen LogP contribution in [0.1, 0.15) is 32.3 Å². The Balaban J connectivity index is 2.13. The van der Waals surface area contributed by atoms with Crippen molar-refractivity contribution in [1.82, 2.24) is 0 Å². The standard InChI is InChI=1S/C23H26N2O9S3/c1-23(2)19-15-18(36(29,30)31)16-20(37(32,33)34)22(19)25(13-8-14-35(26,27)28)21(23)11-6-7-12-24-17-9-4-3-5-10-17/h3-6,9-12,15-16H,7-8,13-14H2,1-2H3,(H2-,26,27,28,29,30,31,32,33,34)/p+1. The van der Waals surface area contributed by atoms with E-state index >= 15 is 0 Å². The Hall–Kier alpha value is -2.75. The molecule has 1 aliphatic rings. The van der Waals surface area contributed by atoms with Crippen LogP contribution < -0.4 is 0 Å². The van der Waals surface area contributed by atoms with E-state index in [1.165, 1.54) is 4.58 Å². The molecule has 1 heterocycles. The van der Waals surface area contributed by atoms with Crippen molar-refractivity contribution in [3.63, 3.8) is 0 Å². The highest BCUT2D eigenvalue weighted by Crippen LogP contribution is 2.45. The van der Waals surface area contributed by atoms with Gasteiger partial charge in [-0.05, 0) is 38.1 Å². The van der Waals surface area contributed by atoms with Gasteiger partial charge in [0.15, 0.2) is 10.6 Å². The lowest BCUT2D eigenvalue weighted by molar-refractivity contribution is -0.440. The number of fused-ring (bicyclic) bond motifs is 1. The molecule has 0 spiro atoms. The summed E-state index contributed by atoms with van der Waals surface area (Å²) < 4.78 is 101. The van der Waals surface area contributed by atoms with E-state index in [9.17, 15) is 34.4 Å². The first-order valence-electron chi connectivity index (χ1n) is 11.0. The Morgan fingerprint density at radius 1 is 0.946 bits per heavy atom. The van der Waals surface area contributed by atoms with Gasteiger partial charge in [0.25, 0.3) is 20.2 Å². The SMILES string of the molecule is CC1(C)C(C=CCC=Nc2ccccc2)=[N+](CCCS(=O)(=O)O)c2c1cc(S(=O)(=O)O)cc2S(=O)(=O)O. The molecular formula is C23H27N2O9S3+. The van der Waals surface area contributed by atoms with Gasteiger partial charge >= 0.3 is 10.1 Å². The third kappa shape index (κ3) is 6.97. The second kappa shape index (κ2) is 10.6. The molecule has 0 fully saturated rings. The lowest BCUT2D eigenvalue weighted by Crippen LogP contribution is -2.28. The van der Waals surface area contributed by atoms with E-state index in [0.717, 1.165) is 11.8 Å². The minimum Gasteiger partial charge on any atom is -0.286 e. The lowest BCUT2D eigenvalue weighted by atomic mass is 9.81. The van der Waals surface area contributed by atoms with Gasteiger partial charge in [0.1, 0.15) is 6.54 Å². The fourth-order valence-corrected chi connectivity index (χ4v) is 5.97. The highest BCUT2D eigenvalue weighted by Gasteiger charge is 2.48. The smallest absolute Gasteiger partial charge is 0.286 e. The number of benzene rings is 2. The summed E-state index contributed by atoms with van der Waals surface area (Å²) in [6.07, 6.45) is 5.34. The van der Waals surface area contributed by atoms with Crippen LogP contribution >= 0.6 is 0 Å². The summed E-state index contributed by atoms with van der Waals surface area (Å²) in [4.78, 5) is 2.85. The molecule has 2 aromatic carbocycles. The molecule has 37 heavy (non-hydrogen) atoms. The summed E-state index contributed by atoms with van der Waals surface area (Å²) in [5.41, 5.74) is 0.330. The Bertz CT molecular complexity index is 1610. The van der Waals surface area contributed by atoms with Gasteiger partial charge < -0.3 is 0 Å². The van der Waals surface area contributed by atoms with E-state index in [0.29, 0.717) is 18.2 Å². The van der Waals surface area contributed by atoms with Crippen LogP contribution in [0.15, 0.2) is 69.4 Å². The summed E-state index contributed by atoms with van der Waals surface area (Å²) in [6, 6.07) is 11.0. The van der Waals surface area contributed by atoms with Crippen LogP contribution in [0.3, 0.4) is 0 Å². The monoisotopic (exact) mass is 571 g/mol. The number of hydrogen-bond donors (Lipinski definition) is 3. The maximum absolute atomic E-state index is 12.3. The quantitative estimate of drug-likeness (QED) is 0.219. The first kappa shape index (κ1) is 28.8. The van der Waals surface area contributed by atoms with Crippen LogP contribution in [0.2, 0.25) is 0 Å². The molecule has 0 amide bonds. The molecule has 2 aromatic rings. The molecule has 0 radical (unpaired) electrons. The van der Waals surface area contributed by atoms with Crippen LogP contribution in [0, 0.1) is 0 Å². The topological polar surface area (TPSA) is 178 Å². The van der Waals surface area contributed by atoms with Crippen LogP contribution in [-0.4, -0.2) is 67.7 Å².